The predicted molar refractivity (Wildman–Crippen MR) is 134 cm³/mol. The van der Waals surface area contributed by atoms with Gasteiger partial charge < -0.3 is 9.47 Å². The summed E-state index contributed by atoms with van der Waals surface area (Å²) in [4.78, 5) is 16.3. The second-order valence-corrected chi connectivity index (χ2v) is 11.1. The fourth-order valence-electron chi connectivity index (χ4n) is 4.61. The first kappa shape index (κ1) is 23.4. The van der Waals surface area contributed by atoms with E-state index in [9.17, 15) is 4.79 Å². The molecule has 0 saturated heterocycles. The van der Waals surface area contributed by atoms with E-state index in [1.165, 1.54) is 21.1 Å². The Kier molecular flexibility index (Phi) is 7.44. The first-order valence-corrected chi connectivity index (χ1v) is 13.0. The van der Waals surface area contributed by atoms with Crippen LogP contribution < -0.4 is 4.74 Å². The molecule has 4 heteroatoms. The number of esters is 1. The van der Waals surface area contributed by atoms with Crippen molar-refractivity contribution in [2.75, 3.05) is 6.61 Å². The summed E-state index contributed by atoms with van der Waals surface area (Å²) < 4.78 is 11.8. The summed E-state index contributed by atoms with van der Waals surface area (Å²) in [7, 11) is -0.214. The molecule has 0 aliphatic heterocycles. The monoisotopic (exact) mass is 461 g/mol. The van der Waals surface area contributed by atoms with Crippen molar-refractivity contribution in [3.05, 3.63) is 83.9 Å². The van der Waals surface area contributed by atoms with Crippen molar-refractivity contribution in [1.29, 1.82) is 0 Å². The van der Waals surface area contributed by atoms with Gasteiger partial charge in [0.15, 0.2) is 21.3 Å². The molecule has 1 aliphatic rings. The molecule has 3 aromatic carbocycles. The van der Waals surface area contributed by atoms with Crippen LogP contribution in [0.15, 0.2) is 87.5 Å². The quantitative estimate of drug-likeness (QED) is 0.279. The van der Waals surface area contributed by atoms with Gasteiger partial charge in [0.2, 0.25) is 0 Å². The minimum atomic E-state index is -0.341. The molecule has 0 aromatic heterocycles. The Hall–Kier alpha value is -2.72. The van der Waals surface area contributed by atoms with Gasteiger partial charge in [-0.15, -0.1) is 0 Å². The van der Waals surface area contributed by atoms with Crippen molar-refractivity contribution in [3.8, 4) is 5.75 Å². The molecule has 4 rings (SSSR count). The Labute approximate surface area is 200 Å². The molecule has 1 fully saturated rings. The van der Waals surface area contributed by atoms with Gasteiger partial charge in [0.1, 0.15) is 11.4 Å². The van der Waals surface area contributed by atoms with E-state index < -0.39 is 0 Å². The average Bonchev–Trinajstić information content (AvgIpc) is 2.80. The van der Waals surface area contributed by atoms with Crippen LogP contribution in [0.3, 0.4) is 0 Å². The minimum Gasteiger partial charge on any atom is -0.481 e. The predicted octanol–water partition coefficient (Wildman–Crippen LogP) is 7.04. The number of benzene rings is 3. The van der Waals surface area contributed by atoms with Crippen LogP contribution in [-0.4, -0.2) is 18.2 Å². The molecular weight excluding hydrogens is 428 g/mol. The third kappa shape index (κ3) is 5.80. The highest BCUT2D eigenvalue weighted by atomic mass is 32.2. The molecule has 0 heterocycles. The molecule has 3 aromatic rings. The lowest BCUT2D eigenvalue weighted by atomic mass is 9.86. The zero-order chi connectivity index (χ0) is 23.3. The second-order valence-electron chi connectivity index (χ2n) is 9.09. The maximum Gasteiger partial charge on any atom is 0.344 e. The lowest BCUT2D eigenvalue weighted by molar-refractivity contribution is -0.163. The molecule has 0 unspecified atom stereocenters. The number of rotatable bonds is 7. The second kappa shape index (κ2) is 10.5. The van der Waals surface area contributed by atoms with Gasteiger partial charge in [-0.25, -0.2) is 4.79 Å². The molecule has 0 N–H and O–H groups in total. The lowest BCUT2D eigenvalue weighted by Crippen LogP contribution is -2.35. The molecule has 0 radical (unpaired) electrons. The van der Waals surface area contributed by atoms with Crippen LogP contribution in [0.5, 0.6) is 5.75 Å². The summed E-state index contributed by atoms with van der Waals surface area (Å²) in [5, 5.41) is 0. The third-order valence-corrected chi connectivity index (χ3v) is 8.43. The van der Waals surface area contributed by atoms with Crippen LogP contribution >= 0.6 is 0 Å². The smallest absolute Gasteiger partial charge is 0.344 e. The Morgan fingerprint density at radius 2 is 1.33 bits per heavy atom. The fourth-order valence-corrected chi connectivity index (χ4v) is 6.88. The number of hydrogen-bond acceptors (Lipinski definition) is 3. The van der Waals surface area contributed by atoms with Crippen LogP contribution in [0.1, 0.15) is 50.2 Å². The van der Waals surface area contributed by atoms with E-state index in [1.54, 1.807) is 0 Å². The van der Waals surface area contributed by atoms with Gasteiger partial charge in [-0.3, -0.25) is 0 Å². The topological polar surface area (TPSA) is 35.5 Å². The van der Waals surface area contributed by atoms with E-state index in [1.807, 2.05) is 6.92 Å². The zero-order valence-corrected chi connectivity index (χ0v) is 20.6. The summed E-state index contributed by atoms with van der Waals surface area (Å²) in [5.74, 6) is 0.491. The summed E-state index contributed by atoms with van der Waals surface area (Å²) in [6.45, 7) is 6.09. The zero-order valence-electron chi connectivity index (χ0n) is 19.8. The molecule has 3 nitrogen and oxygen atoms in total. The molecule has 0 spiro atoms. The van der Waals surface area contributed by atoms with Crippen molar-refractivity contribution in [2.45, 2.75) is 73.2 Å². The highest BCUT2D eigenvalue weighted by Gasteiger charge is 2.32. The largest absolute Gasteiger partial charge is 0.481 e. The van der Waals surface area contributed by atoms with E-state index in [2.05, 4.69) is 86.6 Å². The van der Waals surface area contributed by atoms with Crippen LogP contribution in [0.2, 0.25) is 0 Å². The van der Waals surface area contributed by atoms with Gasteiger partial charge in [-0.2, -0.15) is 0 Å². The lowest BCUT2D eigenvalue weighted by Gasteiger charge is -2.33. The number of hydrogen-bond donors (Lipinski definition) is 0. The first-order chi connectivity index (χ1) is 16.0. The van der Waals surface area contributed by atoms with Crippen molar-refractivity contribution in [1.82, 2.24) is 0 Å². The van der Waals surface area contributed by atoms with Crippen LogP contribution in [0, 0.1) is 13.8 Å². The Morgan fingerprint density at radius 3 is 1.85 bits per heavy atom. The maximum absolute atomic E-state index is 12.5. The van der Waals surface area contributed by atoms with Crippen molar-refractivity contribution < 1.29 is 14.3 Å². The van der Waals surface area contributed by atoms with Gasteiger partial charge in [-0.1, -0.05) is 42.8 Å². The molecule has 1 saturated carbocycles. The van der Waals surface area contributed by atoms with Gasteiger partial charge >= 0.3 is 5.97 Å². The number of carbonyl (C=O) groups excluding carboxylic acids is 1. The molecule has 172 valence electrons. The summed E-state index contributed by atoms with van der Waals surface area (Å²) >= 11 is 0. The van der Waals surface area contributed by atoms with Crippen molar-refractivity contribution >= 4 is 16.9 Å². The van der Waals surface area contributed by atoms with E-state index in [-0.39, 0.29) is 29.1 Å². The van der Waals surface area contributed by atoms with E-state index in [4.69, 9.17) is 9.47 Å². The highest BCUT2D eigenvalue weighted by molar-refractivity contribution is 7.97. The number of ether oxygens (including phenoxy) is 2. The normalized spacial score (nSPS) is 15.3. The maximum atomic E-state index is 12.5. The average molecular weight is 462 g/mol. The van der Waals surface area contributed by atoms with Gasteiger partial charge in [0, 0.05) is 12.1 Å². The van der Waals surface area contributed by atoms with Gasteiger partial charge in [0.25, 0.3) is 0 Å². The minimum absolute atomic E-state index is 0.0559. The summed E-state index contributed by atoms with van der Waals surface area (Å²) in [5.41, 5.74) is 1.73. The SMILES string of the molecule is Cc1cc([S+](c2ccccc2)c2ccccc2)cc(C)c1OCC(=O)OC1(C)CCCCC1. The molecule has 0 bridgehead atoms. The van der Waals surface area contributed by atoms with Crippen LogP contribution in [0.25, 0.3) is 0 Å². The fraction of sp³-hybridized carbons (Fsp3) is 0.345. The third-order valence-electron chi connectivity index (χ3n) is 6.23. The molecule has 0 amide bonds. The summed E-state index contributed by atoms with van der Waals surface area (Å²) in [6, 6.07) is 25.6. The van der Waals surface area contributed by atoms with Crippen LogP contribution in [-0.2, 0) is 20.4 Å². The molecule has 33 heavy (non-hydrogen) atoms. The number of aryl methyl sites for hydroxylation is 2. The van der Waals surface area contributed by atoms with E-state index >= 15 is 0 Å². The first-order valence-electron chi connectivity index (χ1n) is 11.8. The molecular formula is C29H33O3S+. The van der Waals surface area contributed by atoms with E-state index in [0.717, 1.165) is 42.6 Å². The Bertz CT molecular complexity index is 1010. The van der Waals surface area contributed by atoms with Gasteiger partial charge in [-0.05, 0) is 81.8 Å². The standard InChI is InChI=1S/C29H33O3S/c1-22-19-26(33(24-13-7-4-8-14-24)25-15-9-5-10-16-25)20-23(2)28(22)31-21-27(30)32-29(3)17-11-6-12-18-29/h4-5,7-10,13-16,19-20H,6,11-12,17-18,21H2,1-3H3/q+1. The number of carbonyl (C=O) groups is 1. The van der Waals surface area contributed by atoms with Gasteiger partial charge in [0.05, 0.1) is 10.9 Å². The summed E-state index contributed by atoms with van der Waals surface area (Å²) in [6.07, 6.45) is 5.34. The Balaban J connectivity index is 1.54. The van der Waals surface area contributed by atoms with E-state index in [0.29, 0.717) is 0 Å². The molecule has 0 atom stereocenters. The highest BCUT2D eigenvalue weighted by Crippen LogP contribution is 2.36. The van der Waals surface area contributed by atoms with Crippen LogP contribution in [0.4, 0.5) is 0 Å². The molecule has 1 aliphatic carbocycles. The van der Waals surface area contributed by atoms with Crippen molar-refractivity contribution in [2.24, 2.45) is 0 Å². The van der Waals surface area contributed by atoms with Crippen molar-refractivity contribution in [3.63, 3.8) is 0 Å². The Morgan fingerprint density at radius 1 is 0.818 bits per heavy atom.